The highest BCUT2D eigenvalue weighted by Crippen LogP contribution is 2.32. The Morgan fingerprint density at radius 2 is 0.970 bits per heavy atom. The molecule has 3 aromatic heterocycles. The number of esters is 2. The van der Waals surface area contributed by atoms with Gasteiger partial charge in [0.15, 0.2) is 17.5 Å². The number of carboxylic acids is 1. The number of carboxylic acid groups (broad SMARTS) is 1. The first-order valence-corrected chi connectivity index (χ1v) is 22.0. The number of nitrogens with one attached hydrogen (secondary N) is 1. The molecule has 3 heterocycles. The summed E-state index contributed by atoms with van der Waals surface area (Å²) in [5.41, 5.74) is 2.25. The number of benzene rings is 3. The number of carbonyl (C=O) groups excluding carboxylic acids is 2. The monoisotopic (exact) mass is 969 g/mol. The van der Waals surface area contributed by atoms with E-state index in [1.807, 2.05) is 47.6 Å². The van der Waals surface area contributed by atoms with Gasteiger partial charge in [-0.25, -0.2) is 15.0 Å². The molecule has 0 aliphatic carbocycles. The van der Waals surface area contributed by atoms with Gasteiger partial charge >= 0.3 is 17.9 Å². The van der Waals surface area contributed by atoms with Gasteiger partial charge < -0.3 is 28.8 Å². The maximum atomic E-state index is 11.6. The number of aromatic amines is 1. The second-order valence-electron chi connectivity index (χ2n) is 15.0. The number of aryl methyl sites for hydroxylation is 2. The minimum Gasteiger partial charge on any atom is -0.489 e. The maximum Gasteiger partial charge on any atom is 0.313 e. The summed E-state index contributed by atoms with van der Waals surface area (Å²) in [5, 5.41) is 25.8. The third kappa shape index (κ3) is 16.0. The third-order valence-corrected chi connectivity index (χ3v) is 9.37. The lowest BCUT2D eigenvalue weighted by Gasteiger charge is -2.11. The smallest absolute Gasteiger partial charge is 0.313 e. The summed E-state index contributed by atoms with van der Waals surface area (Å²) < 4.78 is 29.8. The van der Waals surface area contributed by atoms with Crippen LogP contribution in [0.15, 0.2) is 54.6 Å². The topological polar surface area (TPSA) is 221 Å². The molecule has 0 spiro atoms. The second-order valence-corrected chi connectivity index (χ2v) is 16.2. The van der Waals surface area contributed by atoms with E-state index in [0.717, 1.165) is 16.7 Å². The van der Waals surface area contributed by atoms with Crippen LogP contribution in [0.3, 0.4) is 0 Å². The van der Waals surface area contributed by atoms with Gasteiger partial charge in [0, 0.05) is 30.8 Å². The van der Waals surface area contributed by atoms with Crippen LogP contribution in [0.1, 0.15) is 72.9 Å². The highest BCUT2D eigenvalue weighted by molar-refractivity contribution is 6.32. The molecule has 0 radical (unpaired) electrons. The lowest BCUT2D eigenvalue weighted by Crippen LogP contribution is -2.11. The molecular formula is C45H54Cl3N9O9. The predicted molar refractivity (Wildman–Crippen MR) is 249 cm³/mol. The molecule has 6 rings (SSSR count). The van der Waals surface area contributed by atoms with Crippen LogP contribution in [-0.2, 0) is 57.2 Å². The Labute approximate surface area is 397 Å². The molecule has 0 saturated heterocycles. The minimum absolute atomic E-state index is 0.00277. The minimum atomic E-state index is -0.947. The van der Waals surface area contributed by atoms with Gasteiger partial charge in [-0.05, 0) is 110 Å². The Morgan fingerprint density at radius 1 is 0.591 bits per heavy atom. The van der Waals surface area contributed by atoms with E-state index in [9.17, 15) is 14.4 Å². The Kier molecular flexibility index (Phi) is 19.7. The first-order chi connectivity index (χ1) is 31.3. The van der Waals surface area contributed by atoms with Crippen LogP contribution < -0.4 is 14.2 Å². The molecule has 0 aliphatic rings. The Bertz CT molecular complexity index is 2570. The molecule has 18 nitrogen and oxygen atoms in total. The van der Waals surface area contributed by atoms with Crippen molar-refractivity contribution in [2.75, 3.05) is 13.2 Å². The van der Waals surface area contributed by atoms with Crippen molar-refractivity contribution in [2.45, 2.75) is 93.0 Å². The van der Waals surface area contributed by atoms with Gasteiger partial charge in [0.25, 0.3) is 0 Å². The molecule has 3 aromatic carbocycles. The van der Waals surface area contributed by atoms with Crippen molar-refractivity contribution in [3.05, 3.63) is 87.1 Å². The summed E-state index contributed by atoms with van der Waals surface area (Å²) in [6, 6.07) is 15.9. The van der Waals surface area contributed by atoms with E-state index in [4.69, 9.17) is 63.6 Å². The first-order valence-electron chi connectivity index (χ1n) is 20.9. The van der Waals surface area contributed by atoms with E-state index in [-0.39, 0.29) is 49.5 Å². The van der Waals surface area contributed by atoms with Crippen LogP contribution >= 0.6 is 34.8 Å². The summed E-state index contributed by atoms with van der Waals surface area (Å²) >= 11 is 18.3. The van der Waals surface area contributed by atoms with E-state index in [0.29, 0.717) is 80.5 Å². The molecule has 21 heteroatoms. The fourth-order valence-corrected chi connectivity index (χ4v) is 6.16. The number of aliphatic carboxylic acids is 1. The molecule has 0 amide bonds. The highest BCUT2D eigenvalue weighted by atomic mass is 35.5. The third-order valence-electron chi connectivity index (χ3n) is 8.43. The summed E-state index contributed by atoms with van der Waals surface area (Å²) in [7, 11) is 3.41. The zero-order valence-electron chi connectivity index (χ0n) is 38.4. The van der Waals surface area contributed by atoms with Crippen LogP contribution in [-0.4, -0.2) is 99.3 Å². The van der Waals surface area contributed by atoms with E-state index in [1.54, 1.807) is 81.2 Å². The van der Waals surface area contributed by atoms with E-state index >= 15 is 0 Å². The summed E-state index contributed by atoms with van der Waals surface area (Å²) in [4.78, 5) is 46.7. The van der Waals surface area contributed by atoms with Gasteiger partial charge in [-0.15, -0.1) is 0 Å². The van der Waals surface area contributed by atoms with Crippen LogP contribution in [0.25, 0.3) is 34.2 Å². The molecular weight excluding hydrogens is 917 g/mol. The molecule has 0 bridgehead atoms. The molecule has 0 atom stereocenters. The molecule has 0 saturated carbocycles. The Hall–Kier alpha value is -6.24. The number of halogens is 3. The molecule has 66 heavy (non-hydrogen) atoms. The van der Waals surface area contributed by atoms with Crippen molar-refractivity contribution in [3.63, 3.8) is 0 Å². The number of ether oxygens (including phenoxy) is 5. The number of carbonyl (C=O) groups is 3. The lowest BCUT2D eigenvalue weighted by molar-refractivity contribution is -0.143. The van der Waals surface area contributed by atoms with E-state index < -0.39 is 5.97 Å². The molecule has 0 unspecified atom stereocenters. The average molecular weight is 971 g/mol. The van der Waals surface area contributed by atoms with Gasteiger partial charge in [0.05, 0.1) is 46.6 Å². The average Bonchev–Trinajstić information content (AvgIpc) is 3.95. The molecule has 2 N–H and O–H groups in total. The SMILES string of the molecule is CC(C)Oc1cc(-c2nc(CC(=O)O)n(C)n2)ccc1Cl.CCOC(=O)Cc1nc(-c2ccc(Cl)c(OC(C)C)c2)n[nH]1.CCOC(=O)Cc1nc(-c2ccc(Cl)c(OC(C)C)c2)nn1C. The van der Waals surface area contributed by atoms with E-state index in [2.05, 4.69) is 35.3 Å². The number of nitrogens with zero attached hydrogens (tertiary/aromatic N) is 8. The van der Waals surface area contributed by atoms with Crippen molar-refractivity contribution < 1.29 is 43.2 Å². The standard InChI is InChI=1S/C16H20ClN3O3.C15H18ClN3O3.C14H16ClN3O3/c1-5-22-15(21)9-14-18-16(19-20(14)4)11-6-7-12(17)13(8-11)23-10(2)3;1-4-21-14(20)8-13-17-15(19-18-13)10-5-6-11(16)12(7-10)22-9(2)3;1-8(2)21-11-6-9(4-5-10(11)15)14-16-12(7-13(19)20)18(3)17-14/h6-8,10H,5,9H2,1-4H3;5-7,9H,4,8H2,1-3H3,(H,17,18,19);4-6,8H,7H2,1-3H3,(H,19,20). The zero-order chi connectivity index (χ0) is 48.7. The van der Waals surface area contributed by atoms with Crippen LogP contribution in [0.4, 0.5) is 0 Å². The van der Waals surface area contributed by atoms with Crippen molar-refractivity contribution in [1.29, 1.82) is 0 Å². The fourth-order valence-electron chi connectivity index (χ4n) is 5.67. The molecule has 6 aromatic rings. The van der Waals surface area contributed by atoms with Crippen LogP contribution in [0, 0.1) is 0 Å². The van der Waals surface area contributed by atoms with Crippen LogP contribution in [0.2, 0.25) is 15.1 Å². The normalized spacial score (nSPS) is 10.8. The number of aromatic nitrogens is 9. The van der Waals surface area contributed by atoms with Crippen molar-refractivity contribution in [2.24, 2.45) is 14.1 Å². The summed E-state index contributed by atoms with van der Waals surface area (Å²) in [5.74, 6) is 2.91. The quantitative estimate of drug-likeness (QED) is 0.0817. The second kappa shape index (κ2) is 24.9. The Balaban J connectivity index is 0.000000217. The first kappa shape index (κ1) is 52.4. The van der Waals surface area contributed by atoms with Gasteiger partial charge in [-0.3, -0.25) is 28.8 Å². The van der Waals surface area contributed by atoms with Crippen molar-refractivity contribution in [1.82, 2.24) is 44.7 Å². The van der Waals surface area contributed by atoms with Gasteiger partial charge in [0.1, 0.15) is 54.0 Å². The van der Waals surface area contributed by atoms with Gasteiger partial charge in [-0.1, -0.05) is 34.8 Å². The van der Waals surface area contributed by atoms with E-state index in [1.165, 1.54) is 4.68 Å². The van der Waals surface area contributed by atoms with Crippen molar-refractivity contribution >= 4 is 52.7 Å². The highest BCUT2D eigenvalue weighted by Gasteiger charge is 2.18. The molecule has 354 valence electrons. The summed E-state index contributed by atoms with van der Waals surface area (Å²) in [6.45, 7) is 15.7. The maximum absolute atomic E-state index is 11.6. The van der Waals surface area contributed by atoms with Gasteiger partial charge in [0.2, 0.25) is 0 Å². The number of rotatable bonds is 17. The largest absolute Gasteiger partial charge is 0.489 e. The molecule has 0 fully saturated rings. The fraction of sp³-hybridized carbons (Fsp3) is 0.400. The lowest BCUT2D eigenvalue weighted by atomic mass is 10.2. The zero-order valence-corrected chi connectivity index (χ0v) is 40.7. The molecule has 0 aliphatic heterocycles. The predicted octanol–water partition coefficient (Wildman–Crippen LogP) is 8.60. The summed E-state index contributed by atoms with van der Waals surface area (Å²) in [6.07, 6.45) is -0.00801. The van der Waals surface area contributed by atoms with Crippen molar-refractivity contribution in [3.8, 4) is 51.4 Å². The van der Waals surface area contributed by atoms with Gasteiger partial charge in [-0.2, -0.15) is 15.3 Å². The van der Waals surface area contributed by atoms with Crippen LogP contribution in [0.5, 0.6) is 17.2 Å². The number of hydrogen-bond donors (Lipinski definition) is 2. The Morgan fingerprint density at radius 3 is 1.35 bits per heavy atom. The number of hydrogen-bond acceptors (Lipinski definition) is 14. The number of H-pyrrole nitrogens is 1.